The quantitative estimate of drug-likeness (QED) is 0.662. The van der Waals surface area contributed by atoms with Crippen LogP contribution in [0.5, 0.6) is 0 Å². The highest BCUT2D eigenvalue weighted by Crippen LogP contribution is 2.25. The van der Waals surface area contributed by atoms with Gasteiger partial charge in [-0.25, -0.2) is 0 Å². The van der Waals surface area contributed by atoms with Crippen LogP contribution in [0.25, 0.3) is 0 Å². The van der Waals surface area contributed by atoms with Gasteiger partial charge in [-0.3, -0.25) is 0 Å². The molecule has 1 N–H and O–H groups in total. The molecule has 0 aliphatic heterocycles. The number of rotatable bonds is 3. The molecule has 1 nitrogen and oxygen atoms in total. The van der Waals surface area contributed by atoms with Crippen LogP contribution in [0.2, 0.25) is 0 Å². The van der Waals surface area contributed by atoms with Crippen molar-refractivity contribution < 1.29 is 0 Å². The summed E-state index contributed by atoms with van der Waals surface area (Å²) < 4.78 is 0. The summed E-state index contributed by atoms with van der Waals surface area (Å²) in [6.07, 6.45) is 8.72. The molecule has 1 saturated carbocycles. The average molecular weight is 183 g/mol. The standard InChI is InChI=1S/C12H25N/c1-10(2)13-11(3)12-8-6-4-5-7-9-12/h10-13H,4-9H2,1-3H3/t11-/m1/s1. The predicted octanol–water partition coefficient (Wildman–Crippen LogP) is 3.34. The third-order valence-electron chi connectivity index (χ3n) is 3.20. The Morgan fingerprint density at radius 2 is 1.46 bits per heavy atom. The average Bonchev–Trinajstić information content (AvgIpc) is 2.29. The van der Waals surface area contributed by atoms with Crippen molar-refractivity contribution in [3.63, 3.8) is 0 Å². The van der Waals surface area contributed by atoms with Crippen molar-refractivity contribution in [1.82, 2.24) is 5.32 Å². The van der Waals surface area contributed by atoms with Gasteiger partial charge in [0.2, 0.25) is 0 Å². The van der Waals surface area contributed by atoms with E-state index >= 15 is 0 Å². The van der Waals surface area contributed by atoms with E-state index in [2.05, 4.69) is 26.1 Å². The molecule has 0 unspecified atom stereocenters. The molecule has 1 aliphatic rings. The molecule has 13 heavy (non-hydrogen) atoms. The Balaban J connectivity index is 2.30. The molecule has 0 saturated heterocycles. The van der Waals surface area contributed by atoms with Gasteiger partial charge in [0.1, 0.15) is 0 Å². The molecule has 1 heteroatoms. The van der Waals surface area contributed by atoms with Crippen molar-refractivity contribution in [3.8, 4) is 0 Å². The Labute approximate surface area is 83.3 Å². The van der Waals surface area contributed by atoms with Crippen LogP contribution < -0.4 is 5.32 Å². The molecule has 78 valence electrons. The first-order valence-electron chi connectivity index (χ1n) is 5.96. The Hall–Kier alpha value is -0.0400. The van der Waals surface area contributed by atoms with Crippen LogP contribution in [0, 0.1) is 5.92 Å². The fourth-order valence-corrected chi connectivity index (χ4v) is 2.47. The SMILES string of the molecule is CC(C)N[C@H](C)C1CCCCCC1. The lowest BCUT2D eigenvalue weighted by molar-refractivity contribution is 0.320. The predicted molar refractivity (Wildman–Crippen MR) is 58.9 cm³/mol. The van der Waals surface area contributed by atoms with E-state index in [0.717, 1.165) is 12.0 Å². The van der Waals surface area contributed by atoms with E-state index in [-0.39, 0.29) is 0 Å². The lowest BCUT2D eigenvalue weighted by atomic mass is 9.92. The summed E-state index contributed by atoms with van der Waals surface area (Å²) in [4.78, 5) is 0. The van der Waals surface area contributed by atoms with Crippen molar-refractivity contribution in [2.45, 2.75) is 71.4 Å². The van der Waals surface area contributed by atoms with Gasteiger partial charge in [-0.05, 0) is 25.7 Å². The molecule has 0 aromatic carbocycles. The maximum Gasteiger partial charge on any atom is 0.00693 e. The fourth-order valence-electron chi connectivity index (χ4n) is 2.47. The Kier molecular flexibility index (Phi) is 4.79. The molecule has 0 radical (unpaired) electrons. The van der Waals surface area contributed by atoms with E-state index in [1.54, 1.807) is 0 Å². The molecule has 1 rings (SSSR count). The van der Waals surface area contributed by atoms with Crippen LogP contribution in [0.3, 0.4) is 0 Å². The van der Waals surface area contributed by atoms with Crippen LogP contribution >= 0.6 is 0 Å². The van der Waals surface area contributed by atoms with Gasteiger partial charge in [0, 0.05) is 12.1 Å². The Morgan fingerprint density at radius 1 is 0.923 bits per heavy atom. The van der Waals surface area contributed by atoms with Gasteiger partial charge < -0.3 is 5.32 Å². The van der Waals surface area contributed by atoms with E-state index < -0.39 is 0 Å². The van der Waals surface area contributed by atoms with E-state index in [1.165, 1.54) is 38.5 Å². The zero-order valence-corrected chi connectivity index (χ0v) is 9.47. The van der Waals surface area contributed by atoms with E-state index in [0.29, 0.717) is 6.04 Å². The molecule has 0 amide bonds. The molecule has 1 atom stereocenters. The van der Waals surface area contributed by atoms with Crippen molar-refractivity contribution in [2.75, 3.05) is 0 Å². The normalized spacial score (nSPS) is 23.1. The van der Waals surface area contributed by atoms with E-state index in [9.17, 15) is 0 Å². The second-order valence-electron chi connectivity index (χ2n) is 4.86. The molecule has 1 fully saturated rings. The number of hydrogen-bond donors (Lipinski definition) is 1. The summed E-state index contributed by atoms with van der Waals surface area (Å²) in [7, 11) is 0. The van der Waals surface area contributed by atoms with Crippen LogP contribution in [-0.4, -0.2) is 12.1 Å². The summed E-state index contributed by atoms with van der Waals surface area (Å²) in [5.74, 6) is 0.935. The maximum absolute atomic E-state index is 3.64. The van der Waals surface area contributed by atoms with Crippen LogP contribution in [0.4, 0.5) is 0 Å². The minimum absolute atomic E-state index is 0.637. The van der Waals surface area contributed by atoms with Gasteiger partial charge in [-0.15, -0.1) is 0 Å². The Bertz CT molecular complexity index is 123. The third kappa shape index (κ3) is 4.12. The Morgan fingerprint density at radius 3 is 1.92 bits per heavy atom. The number of nitrogens with one attached hydrogen (secondary N) is 1. The highest BCUT2D eigenvalue weighted by Gasteiger charge is 2.18. The first-order valence-corrected chi connectivity index (χ1v) is 5.96. The summed E-state index contributed by atoms with van der Waals surface area (Å²) in [5, 5.41) is 3.64. The van der Waals surface area contributed by atoms with Crippen molar-refractivity contribution in [2.24, 2.45) is 5.92 Å². The topological polar surface area (TPSA) is 12.0 Å². The third-order valence-corrected chi connectivity index (χ3v) is 3.20. The van der Waals surface area contributed by atoms with Gasteiger partial charge in [0.25, 0.3) is 0 Å². The molecule has 0 bridgehead atoms. The van der Waals surface area contributed by atoms with Crippen LogP contribution in [-0.2, 0) is 0 Å². The highest BCUT2D eigenvalue weighted by molar-refractivity contribution is 4.75. The van der Waals surface area contributed by atoms with Crippen molar-refractivity contribution in [1.29, 1.82) is 0 Å². The van der Waals surface area contributed by atoms with Gasteiger partial charge in [-0.1, -0.05) is 39.5 Å². The molecule has 0 heterocycles. The van der Waals surface area contributed by atoms with Gasteiger partial charge in [-0.2, -0.15) is 0 Å². The van der Waals surface area contributed by atoms with E-state index in [1.807, 2.05) is 0 Å². The monoisotopic (exact) mass is 183 g/mol. The zero-order chi connectivity index (χ0) is 9.68. The summed E-state index contributed by atoms with van der Waals surface area (Å²) in [6.45, 7) is 6.84. The first kappa shape index (κ1) is 11.0. The molecular formula is C12H25N. The van der Waals surface area contributed by atoms with Crippen LogP contribution in [0.15, 0.2) is 0 Å². The van der Waals surface area contributed by atoms with Crippen molar-refractivity contribution >= 4 is 0 Å². The fraction of sp³-hybridized carbons (Fsp3) is 1.00. The lowest BCUT2D eigenvalue weighted by Crippen LogP contribution is -2.37. The largest absolute Gasteiger partial charge is 0.312 e. The minimum Gasteiger partial charge on any atom is -0.312 e. The smallest absolute Gasteiger partial charge is 0.00693 e. The zero-order valence-electron chi connectivity index (χ0n) is 9.47. The number of hydrogen-bond acceptors (Lipinski definition) is 1. The molecule has 1 aliphatic carbocycles. The summed E-state index contributed by atoms with van der Waals surface area (Å²) in [5.41, 5.74) is 0. The molecule has 0 aromatic heterocycles. The summed E-state index contributed by atoms with van der Waals surface area (Å²) >= 11 is 0. The van der Waals surface area contributed by atoms with Gasteiger partial charge in [0.05, 0.1) is 0 Å². The highest BCUT2D eigenvalue weighted by atomic mass is 14.9. The van der Waals surface area contributed by atoms with Crippen molar-refractivity contribution in [3.05, 3.63) is 0 Å². The molecular weight excluding hydrogens is 158 g/mol. The minimum atomic E-state index is 0.637. The van der Waals surface area contributed by atoms with Gasteiger partial charge in [0.15, 0.2) is 0 Å². The lowest BCUT2D eigenvalue weighted by Gasteiger charge is -2.25. The second-order valence-corrected chi connectivity index (χ2v) is 4.86. The second kappa shape index (κ2) is 5.64. The molecule has 0 spiro atoms. The van der Waals surface area contributed by atoms with Gasteiger partial charge >= 0.3 is 0 Å². The maximum atomic E-state index is 3.64. The summed E-state index contributed by atoms with van der Waals surface area (Å²) in [6, 6.07) is 1.36. The first-order chi connectivity index (χ1) is 6.20. The molecule has 0 aromatic rings. The van der Waals surface area contributed by atoms with E-state index in [4.69, 9.17) is 0 Å². The van der Waals surface area contributed by atoms with Crippen LogP contribution in [0.1, 0.15) is 59.3 Å².